The van der Waals surface area contributed by atoms with Gasteiger partial charge in [-0.05, 0) is 23.0 Å². The molecule has 1 fully saturated rings. The molecule has 0 saturated carbocycles. The third-order valence-electron chi connectivity index (χ3n) is 2.80. The van der Waals surface area contributed by atoms with Crippen LogP contribution < -0.4 is 5.73 Å². The number of anilines is 1. The maximum absolute atomic E-state index is 5.87. The van der Waals surface area contributed by atoms with E-state index in [-0.39, 0.29) is 6.10 Å². The van der Waals surface area contributed by atoms with E-state index in [1.54, 1.807) is 7.11 Å². The molecule has 0 aromatic carbocycles. The number of ether oxygens (including phenoxy) is 2. The molecule has 0 radical (unpaired) electrons. The summed E-state index contributed by atoms with van der Waals surface area (Å²) >= 11 is 3.37. The van der Waals surface area contributed by atoms with Crippen molar-refractivity contribution in [1.29, 1.82) is 0 Å². The summed E-state index contributed by atoms with van der Waals surface area (Å²) in [6, 6.07) is 0. The molecule has 1 aromatic heterocycles. The average Bonchev–Trinajstić information content (AvgIpc) is 2.35. The zero-order chi connectivity index (χ0) is 13.1. The van der Waals surface area contributed by atoms with Crippen LogP contribution in [0, 0.1) is 0 Å². The minimum Gasteiger partial charge on any atom is -0.383 e. The first-order valence-electron chi connectivity index (χ1n) is 5.72. The summed E-state index contributed by atoms with van der Waals surface area (Å²) in [6.07, 6.45) is -0.130. The number of rotatable bonds is 3. The van der Waals surface area contributed by atoms with Crippen molar-refractivity contribution < 1.29 is 9.47 Å². The van der Waals surface area contributed by atoms with Crippen LogP contribution in [-0.4, -0.2) is 48.7 Å². The minimum absolute atomic E-state index is 0.130. The first kappa shape index (κ1) is 13.7. The normalized spacial score (nSPS) is 21.2. The van der Waals surface area contributed by atoms with Gasteiger partial charge in [-0.3, -0.25) is 0 Å². The Bertz CT molecular complexity index is 430. The number of hydrogen-bond donors (Lipinski definition) is 1. The molecule has 1 aromatic rings. The highest BCUT2D eigenvalue weighted by Gasteiger charge is 2.23. The van der Waals surface area contributed by atoms with Gasteiger partial charge in [-0.25, -0.2) is 9.97 Å². The highest BCUT2D eigenvalue weighted by molar-refractivity contribution is 9.10. The fourth-order valence-corrected chi connectivity index (χ4v) is 2.13. The number of nitrogens with two attached hydrogens (primary N) is 1. The van der Waals surface area contributed by atoms with Crippen LogP contribution in [-0.2, 0) is 16.1 Å². The van der Waals surface area contributed by atoms with Crippen molar-refractivity contribution in [2.75, 3.05) is 39.6 Å². The second kappa shape index (κ2) is 5.92. The van der Waals surface area contributed by atoms with Crippen molar-refractivity contribution in [3.05, 3.63) is 16.0 Å². The van der Waals surface area contributed by atoms with Crippen LogP contribution in [0.3, 0.4) is 0 Å². The fraction of sp³-hybridized carbons (Fsp3) is 0.636. The Hall–Kier alpha value is -0.760. The smallest absolute Gasteiger partial charge is 0.161 e. The van der Waals surface area contributed by atoms with Crippen LogP contribution in [0.4, 0.5) is 5.82 Å². The molecule has 2 N–H and O–H groups in total. The lowest BCUT2D eigenvalue weighted by atomic mass is 10.2. The van der Waals surface area contributed by atoms with Crippen molar-refractivity contribution in [2.45, 2.75) is 12.7 Å². The highest BCUT2D eigenvalue weighted by atomic mass is 79.9. The summed E-state index contributed by atoms with van der Waals surface area (Å²) in [5.41, 5.74) is 6.62. The molecule has 1 atom stereocenters. The van der Waals surface area contributed by atoms with Gasteiger partial charge < -0.3 is 20.1 Å². The van der Waals surface area contributed by atoms with E-state index in [0.717, 1.165) is 18.8 Å². The molecule has 2 rings (SSSR count). The van der Waals surface area contributed by atoms with Gasteiger partial charge in [0, 0.05) is 20.2 Å². The molecule has 1 aliphatic heterocycles. The first-order valence-corrected chi connectivity index (χ1v) is 6.52. The molecule has 1 saturated heterocycles. The Morgan fingerprint density at radius 2 is 2.33 bits per heavy atom. The quantitative estimate of drug-likeness (QED) is 0.895. The molecule has 2 heterocycles. The van der Waals surface area contributed by atoms with Gasteiger partial charge in [0.1, 0.15) is 11.9 Å². The summed E-state index contributed by atoms with van der Waals surface area (Å²) in [5, 5.41) is 0. The molecule has 1 unspecified atom stereocenters. The monoisotopic (exact) mass is 316 g/mol. The van der Waals surface area contributed by atoms with Crippen LogP contribution in [0.5, 0.6) is 0 Å². The van der Waals surface area contributed by atoms with E-state index in [1.165, 1.54) is 0 Å². The Labute approximate surface area is 115 Å². The molecule has 7 heteroatoms. The Kier molecular flexibility index (Phi) is 4.50. The standard InChI is InChI=1S/C11H17BrN4O2/c1-16-3-4-18-8(5-16)11-14-7(6-17-2)9(12)10(13)15-11/h8H,3-6H2,1-2H3,(H2,13,14,15). The van der Waals surface area contributed by atoms with Gasteiger partial charge >= 0.3 is 0 Å². The summed E-state index contributed by atoms with van der Waals surface area (Å²) < 4.78 is 11.5. The fourth-order valence-electron chi connectivity index (χ4n) is 1.84. The topological polar surface area (TPSA) is 73.5 Å². The van der Waals surface area contributed by atoms with Crippen molar-refractivity contribution in [1.82, 2.24) is 14.9 Å². The largest absolute Gasteiger partial charge is 0.383 e. The third-order valence-corrected chi connectivity index (χ3v) is 3.67. The number of nitrogens with zero attached hydrogens (tertiary/aromatic N) is 3. The van der Waals surface area contributed by atoms with E-state index >= 15 is 0 Å². The van der Waals surface area contributed by atoms with Crippen LogP contribution in [0.25, 0.3) is 0 Å². The van der Waals surface area contributed by atoms with Crippen molar-refractivity contribution in [3.8, 4) is 0 Å². The highest BCUT2D eigenvalue weighted by Crippen LogP contribution is 2.26. The second-order valence-electron chi connectivity index (χ2n) is 4.28. The number of likely N-dealkylation sites (N-methyl/N-ethyl adjacent to an activating group) is 1. The van der Waals surface area contributed by atoms with E-state index < -0.39 is 0 Å². The lowest BCUT2D eigenvalue weighted by Gasteiger charge is -2.29. The third kappa shape index (κ3) is 2.97. The molecule has 0 bridgehead atoms. The Morgan fingerprint density at radius 3 is 3.00 bits per heavy atom. The van der Waals surface area contributed by atoms with Gasteiger partial charge in [-0.15, -0.1) is 0 Å². The molecule has 0 spiro atoms. The van der Waals surface area contributed by atoms with Gasteiger partial charge in [0.05, 0.1) is 23.4 Å². The van der Waals surface area contributed by atoms with E-state index in [1.807, 2.05) is 7.05 Å². The van der Waals surface area contributed by atoms with Gasteiger partial charge in [0.25, 0.3) is 0 Å². The molecule has 1 aliphatic rings. The molecule has 100 valence electrons. The predicted octanol–water partition coefficient (Wildman–Crippen LogP) is 0.971. The van der Waals surface area contributed by atoms with E-state index in [4.69, 9.17) is 15.2 Å². The van der Waals surface area contributed by atoms with Crippen molar-refractivity contribution in [3.63, 3.8) is 0 Å². The van der Waals surface area contributed by atoms with Crippen molar-refractivity contribution in [2.24, 2.45) is 0 Å². The molecule has 0 aliphatic carbocycles. The molecular weight excluding hydrogens is 300 g/mol. The minimum atomic E-state index is -0.130. The number of methoxy groups -OCH3 is 1. The van der Waals surface area contributed by atoms with Gasteiger partial charge in [-0.1, -0.05) is 0 Å². The van der Waals surface area contributed by atoms with Crippen LogP contribution in [0.2, 0.25) is 0 Å². The average molecular weight is 317 g/mol. The van der Waals surface area contributed by atoms with Crippen LogP contribution in [0.1, 0.15) is 17.6 Å². The maximum atomic E-state index is 5.87. The van der Waals surface area contributed by atoms with Gasteiger partial charge in [0.15, 0.2) is 5.82 Å². The summed E-state index contributed by atoms with van der Waals surface area (Å²) in [5.74, 6) is 1.04. The summed E-state index contributed by atoms with van der Waals surface area (Å²) in [7, 11) is 3.67. The second-order valence-corrected chi connectivity index (χ2v) is 5.08. The van der Waals surface area contributed by atoms with Gasteiger partial charge in [0.2, 0.25) is 0 Å². The van der Waals surface area contributed by atoms with E-state index in [2.05, 4.69) is 30.8 Å². The summed E-state index contributed by atoms with van der Waals surface area (Å²) in [6.45, 7) is 2.77. The van der Waals surface area contributed by atoms with E-state index in [9.17, 15) is 0 Å². The van der Waals surface area contributed by atoms with E-state index in [0.29, 0.717) is 29.3 Å². The Morgan fingerprint density at radius 1 is 1.56 bits per heavy atom. The first-order chi connectivity index (χ1) is 8.61. The maximum Gasteiger partial charge on any atom is 0.161 e. The number of nitrogen functional groups attached to an aromatic ring is 1. The molecular formula is C11H17BrN4O2. The molecule has 18 heavy (non-hydrogen) atoms. The zero-order valence-corrected chi connectivity index (χ0v) is 12.1. The number of aromatic nitrogens is 2. The summed E-state index contributed by atoms with van der Waals surface area (Å²) in [4.78, 5) is 10.9. The van der Waals surface area contributed by atoms with Crippen LogP contribution in [0.15, 0.2) is 4.47 Å². The molecule has 0 amide bonds. The lowest BCUT2D eigenvalue weighted by molar-refractivity contribution is -0.0256. The number of morpholine rings is 1. The Balaban J connectivity index is 2.27. The van der Waals surface area contributed by atoms with Crippen LogP contribution >= 0.6 is 15.9 Å². The van der Waals surface area contributed by atoms with Crippen molar-refractivity contribution >= 4 is 21.7 Å². The SMILES string of the molecule is COCc1nc(C2CN(C)CCO2)nc(N)c1Br. The van der Waals surface area contributed by atoms with Gasteiger partial charge in [-0.2, -0.15) is 0 Å². The molecule has 6 nitrogen and oxygen atoms in total. The number of halogens is 1. The number of hydrogen-bond acceptors (Lipinski definition) is 6. The predicted molar refractivity (Wildman–Crippen MR) is 71.0 cm³/mol. The zero-order valence-electron chi connectivity index (χ0n) is 10.5. The lowest BCUT2D eigenvalue weighted by Crippen LogP contribution is -2.36.